The van der Waals surface area contributed by atoms with E-state index in [4.69, 9.17) is 15.2 Å². The molecule has 2 aliphatic rings. The van der Waals surface area contributed by atoms with Gasteiger partial charge in [0.25, 0.3) is 0 Å². The molecule has 0 saturated carbocycles. The third-order valence-electron chi connectivity index (χ3n) is 4.88. The molecule has 1 fully saturated rings. The Morgan fingerprint density at radius 1 is 1.23 bits per heavy atom. The Balaban J connectivity index is 0.00000243. The molecule has 146 valence electrons. The fourth-order valence-corrected chi connectivity index (χ4v) is 3.55. The van der Waals surface area contributed by atoms with Crippen LogP contribution in [0.1, 0.15) is 37.7 Å². The molecule has 6 nitrogen and oxygen atoms in total. The highest BCUT2D eigenvalue weighted by molar-refractivity contribution is 5.85. The number of fused-ring (bicyclic) bond motifs is 1. The second-order valence-electron chi connectivity index (χ2n) is 6.76. The van der Waals surface area contributed by atoms with Gasteiger partial charge in [0, 0.05) is 44.1 Å². The Labute approximate surface area is 161 Å². The summed E-state index contributed by atoms with van der Waals surface area (Å²) in [7, 11) is 0. The Kier molecular flexibility index (Phi) is 8.48. The quantitative estimate of drug-likeness (QED) is 0.786. The first-order valence-electron chi connectivity index (χ1n) is 9.36. The summed E-state index contributed by atoms with van der Waals surface area (Å²) in [5.74, 6) is 1.77. The lowest BCUT2D eigenvalue weighted by Gasteiger charge is -2.36. The van der Waals surface area contributed by atoms with E-state index in [1.54, 1.807) is 0 Å². The number of rotatable bonds is 6. The van der Waals surface area contributed by atoms with Crippen molar-refractivity contribution < 1.29 is 14.3 Å². The topological polar surface area (TPSA) is 76.8 Å². The van der Waals surface area contributed by atoms with Gasteiger partial charge in [0.15, 0.2) is 11.5 Å². The van der Waals surface area contributed by atoms with Crippen molar-refractivity contribution in [3.63, 3.8) is 0 Å². The molecular weight excluding hydrogens is 354 g/mol. The summed E-state index contributed by atoms with van der Waals surface area (Å²) in [6, 6.07) is 6.49. The van der Waals surface area contributed by atoms with E-state index in [0.29, 0.717) is 38.8 Å². The van der Waals surface area contributed by atoms with Crippen molar-refractivity contribution in [1.82, 2.24) is 10.2 Å². The molecule has 2 heterocycles. The first-order chi connectivity index (χ1) is 12.3. The number of amides is 1. The smallest absolute Gasteiger partial charge is 0.221 e. The number of carbonyl (C=O) groups excluding carboxylic acids is 1. The minimum Gasteiger partial charge on any atom is -0.490 e. The van der Waals surface area contributed by atoms with Crippen LogP contribution in [-0.4, -0.2) is 49.7 Å². The molecule has 7 heteroatoms. The van der Waals surface area contributed by atoms with Gasteiger partial charge in [0.05, 0.1) is 13.2 Å². The standard InChI is InChI=1S/C19H29N3O3.ClH/c20-9-8-18(23)21-13-16-6-1-2-10-22(16)14-15-5-3-7-17-19(15)25-12-4-11-24-17;/h3,5,7,16H,1-2,4,6,8-14,20H2,(H,21,23);1H. The monoisotopic (exact) mass is 383 g/mol. The third-order valence-corrected chi connectivity index (χ3v) is 4.88. The number of piperidine rings is 1. The zero-order valence-corrected chi connectivity index (χ0v) is 16.1. The van der Waals surface area contributed by atoms with Crippen LogP contribution in [-0.2, 0) is 11.3 Å². The average Bonchev–Trinajstić information content (AvgIpc) is 2.87. The SMILES string of the molecule is Cl.NCCC(=O)NCC1CCCCN1Cc1cccc2c1OCCCO2. The number of nitrogens with two attached hydrogens (primary N) is 1. The molecule has 1 unspecified atom stereocenters. The lowest BCUT2D eigenvalue weighted by Crippen LogP contribution is -2.46. The molecule has 1 aromatic rings. The molecule has 3 N–H and O–H groups in total. The van der Waals surface area contributed by atoms with Gasteiger partial charge in [-0.2, -0.15) is 0 Å². The number of hydrogen-bond donors (Lipinski definition) is 2. The molecule has 3 rings (SSSR count). The number of halogens is 1. The van der Waals surface area contributed by atoms with Crippen molar-refractivity contribution in [1.29, 1.82) is 0 Å². The van der Waals surface area contributed by atoms with Crippen molar-refractivity contribution in [2.75, 3.05) is 32.8 Å². The molecule has 1 aromatic carbocycles. The Morgan fingerprint density at radius 2 is 2.08 bits per heavy atom. The highest BCUT2D eigenvalue weighted by Crippen LogP contribution is 2.34. The molecule has 26 heavy (non-hydrogen) atoms. The molecule has 1 atom stereocenters. The van der Waals surface area contributed by atoms with Crippen LogP contribution in [0.3, 0.4) is 0 Å². The summed E-state index contributed by atoms with van der Waals surface area (Å²) in [6.07, 6.45) is 4.81. The number of nitrogens with one attached hydrogen (secondary N) is 1. The number of likely N-dealkylation sites (tertiary alicyclic amines) is 1. The summed E-state index contributed by atoms with van der Waals surface area (Å²) in [5.41, 5.74) is 6.61. The molecule has 1 saturated heterocycles. The van der Waals surface area contributed by atoms with Crippen LogP contribution in [0.25, 0.3) is 0 Å². The van der Waals surface area contributed by atoms with E-state index < -0.39 is 0 Å². The summed E-state index contributed by atoms with van der Waals surface area (Å²) < 4.78 is 11.7. The van der Waals surface area contributed by atoms with Gasteiger partial charge in [-0.3, -0.25) is 9.69 Å². The number of nitrogens with zero attached hydrogens (tertiary/aromatic N) is 1. The van der Waals surface area contributed by atoms with Crippen molar-refractivity contribution in [2.24, 2.45) is 5.73 Å². The van der Waals surface area contributed by atoms with Crippen molar-refractivity contribution in [3.05, 3.63) is 23.8 Å². The van der Waals surface area contributed by atoms with Gasteiger partial charge < -0.3 is 20.5 Å². The van der Waals surface area contributed by atoms with Crippen LogP contribution in [0.15, 0.2) is 18.2 Å². The minimum absolute atomic E-state index is 0. The van der Waals surface area contributed by atoms with E-state index in [2.05, 4.69) is 16.3 Å². The maximum Gasteiger partial charge on any atom is 0.221 e. The summed E-state index contributed by atoms with van der Waals surface area (Å²) in [5, 5.41) is 3.02. The largest absolute Gasteiger partial charge is 0.490 e. The van der Waals surface area contributed by atoms with Crippen LogP contribution in [0, 0.1) is 0 Å². The fraction of sp³-hybridized carbons (Fsp3) is 0.632. The Bertz CT molecular complexity index is 585. The van der Waals surface area contributed by atoms with Gasteiger partial charge in [-0.1, -0.05) is 18.6 Å². The molecular formula is C19H30ClN3O3. The number of benzene rings is 1. The van der Waals surface area contributed by atoms with Gasteiger partial charge in [-0.05, 0) is 25.5 Å². The first kappa shape index (κ1) is 20.8. The highest BCUT2D eigenvalue weighted by Gasteiger charge is 2.25. The number of hydrogen-bond acceptors (Lipinski definition) is 5. The first-order valence-corrected chi connectivity index (χ1v) is 9.36. The van der Waals surface area contributed by atoms with Crippen molar-refractivity contribution >= 4 is 18.3 Å². The molecule has 0 spiro atoms. The zero-order valence-electron chi connectivity index (χ0n) is 15.2. The summed E-state index contributed by atoms with van der Waals surface area (Å²) >= 11 is 0. The fourth-order valence-electron chi connectivity index (χ4n) is 3.55. The van der Waals surface area contributed by atoms with Crippen molar-refractivity contribution in [2.45, 2.75) is 44.7 Å². The Morgan fingerprint density at radius 3 is 2.92 bits per heavy atom. The maximum absolute atomic E-state index is 11.7. The van der Waals surface area contributed by atoms with Crippen molar-refractivity contribution in [3.8, 4) is 11.5 Å². The second-order valence-corrected chi connectivity index (χ2v) is 6.76. The van der Waals surface area contributed by atoms with Gasteiger partial charge in [-0.25, -0.2) is 0 Å². The third kappa shape index (κ3) is 5.50. The molecule has 0 aliphatic carbocycles. The normalized spacial score (nSPS) is 20.0. The number of ether oxygens (including phenoxy) is 2. The maximum atomic E-state index is 11.7. The van der Waals surface area contributed by atoms with Gasteiger partial charge in [0.1, 0.15) is 0 Å². The predicted octanol–water partition coefficient (Wildman–Crippen LogP) is 2.09. The van der Waals surface area contributed by atoms with Gasteiger partial charge in [-0.15, -0.1) is 12.4 Å². The van der Waals surface area contributed by atoms with E-state index in [0.717, 1.165) is 37.4 Å². The summed E-state index contributed by atoms with van der Waals surface area (Å²) in [4.78, 5) is 14.2. The van der Waals surface area contributed by atoms with E-state index >= 15 is 0 Å². The van der Waals surface area contributed by atoms with Crippen LogP contribution in [0.4, 0.5) is 0 Å². The van der Waals surface area contributed by atoms with E-state index in [1.807, 2.05) is 12.1 Å². The van der Waals surface area contributed by atoms with Crippen LogP contribution in [0.5, 0.6) is 11.5 Å². The van der Waals surface area contributed by atoms with Gasteiger partial charge in [0.2, 0.25) is 5.91 Å². The number of carbonyl (C=O) groups is 1. The zero-order chi connectivity index (χ0) is 17.5. The highest BCUT2D eigenvalue weighted by atomic mass is 35.5. The lowest BCUT2D eigenvalue weighted by atomic mass is 10.0. The van der Waals surface area contributed by atoms with E-state index in [-0.39, 0.29) is 18.3 Å². The minimum atomic E-state index is 0. The summed E-state index contributed by atoms with van der Waals surface area (Å²) in [6.45, 7) is 4.35. The van der Waals surface area contributed by atoms with Gasteiger partial charge >= 0.3 is 0 Å². The molecule has 2 aliphatic heterocycles. The number of para-hydroxylation sites is 1. The lowest BCUT2D eigenvalue weighted by molar-refractivity contribution is -0.121. The predicted molar refractivity (Wildman–Crippen MR) is 104 cm³/mol. The second kappa shape index (κ2) is 10.6. The molecule has 0 bridgehead atoms. The molecule has 0 aromatic heterocycles. The van der Waals surface area contributed by atoms with Crippen LogP contribution in [0.2, 0.25) is 0 Å². The van der Waals surface area contributed by atoms with Crippen LogP contribution < -0.4 is 20.5 Å². The molecule has 1 amide bonds. The van der Waals surface area contributed by atoms with E-state index in [9.17, 15) is 4.79 Å². The Hall–Kier alpha value is -1.50. The van der Waals surface area contributed by atoms with Crippen LogP contribution >= 0.6 is 12.4 Å². The van der Waals surface area contributed by atoms with E-state index in [1.165, 1.54) is 18.4 Å². The average molecular weight is 384 g/mol. The molecule has 0 radical (unpaired) electrons.